The first-order chi connectivity index (χ1) is 14.1. The van der Waals surface area contributed by atoms with Crippen LogP contribution in [0.1, 0.15) is 24.0 Å². The van der Waals surface area contributed by atoms with Gasteiger partial charge in [0.1, 0.15) is 17.2 Å². The van der Waals surface area contributed by atoms with Gasteiger partial charge in [-0.3, -0.25) is 9.20 Å². The minimum absolute atomic E-state index is 0.132. The number of rotatable bonds is 4. The highest BCUT2D eigenvalue weighted by atomic mass is 16.5. The standard InChI is InChI=1S/C23H24N4O2/c1-14-8-9-19-25-21(22(27(19)13-14)24-12-17-7-4-10-29-17)18-11-16-6-3-5-15(2)20(16)26-23(18)28/h3,5-6,8-9,11,13,17,24H,4,7,10,12H2,1-2H3,(H,26,28)/t17-/m1/s1. The molecule has 0 spiro atoms. The number of nitrogens with one attached hydrogen (secondary N) is 2. The van der Waals surface area contributed by atoms with Crippen LogP contribution in [0.2, 0.25) is 0 Å². The number of benzene rings is 1. The van der Waals surface area contributed by atoms with Gasteiger partial charge in [-0.15, -0.1) is 0 Å². The molecule has 0 amide bonds. The fraction of sp³-hybridized carbons (Fsp3) is 0.304. The molecule has 0 bridgehead atoms. The van der Waals surface area contributed by atoms with Crippen molar-refractivity contribution in [3.8, 4) is 11.3 Å². The van der Waals surface area contributed by atoms with Gasteiger partial charge in [-0.25, -0.2) is 4.98 Å². The molecule has 1 aromatic carbocycles. The Labute approximate surface area is 168 Å². The maximum atomic E-state index is 13.0. The summed E-state index contributed by atoms with van der Waals surface area (Å²) >= 11 is 0. The molecule has 0 radical (unpaired) electrons. The Kier molecular flexibility index (Phi) is 4.36. The monoisotopic (exact) mass is 388 g/mol. The predicted octanol–water partition coefficient (Wildman–Crippen LogP) is 4.05. The van der Waals surface area contributed by atoms with Gasteiger partial charge in [0.15, 0.2) is 0 Å². The normalized spacial score (nSPS) is 16.7. The molecule has 1 aliphatic heterocycles. The van der Waals surface area contributed by atoms with Crippen LogP contribution < -0.4 is 10.9 Å². The number of hydrogen-bond donors (Lipinski definition) is 2. The number of para-hydroxylation sites is 1. The smallest absolute Gasteiger partial charge is 0.258 e. The van der Waals surface area contributed by atoms with E-state index in [2.05, 4.69) is 17.2 Å². The first-order valence-electron chi connectivity index (χ1n) is 10.1. The number of pyridine rings is 2. The van der Waals surface area contributed by atoms with Gasteiger partial charge in [-0.05, 0) is 55.3 Å². The highest BCUT2D eigenvalue weighted by Gasteiger charge is 2.21. The Bertz CT molecular complexity index is 1270. The van der Waals surface area contributed by atoms with E-state index in [9.17, 15) is 4.79 Å². The van der Waals surface area contributed by atoms with Gasteiger partial charge in [0, 0.05) is 19.3 Å². The second kappa shape index (κ2) is 7.04. The van der Waals surface area contributed by atoms with Gasteiger partial charge in [0.25, 0.3) is 5.56 Å². The topological polar surface area (TPSA) is 71.4 Å². The maximum absolute atomic E-state index is 13.0. The molecule has 0 aliphatic carbocycles. The first-order valence-corrected chi connectivity index (χ1v) is 10.1. The van der Waals surface area contributed by atoms with E-state index >= 15 is 0 Å². The summed E-state index contributed by atoms with van der Waals surface area (Å²) in [5.41, 5.74) is 4.96. The van der Waals surface area contributed by atoms with Gasteiger partial charge in [0.2, 0.25) is 0 Å². The number of hydrogen-bond acceptors (Lipinski definition) is 4. The molecule has 0 unspecified atom stereocenters. The van der Waals surface area contributed by atoms with Crippen LogP contribution >= 0.6 is 0 Å². The minimum atomic E-state index is -0.132. The van der Waals surface area contributed by atoms with Crippen LogP contribution in [-0.2, 0) is 4.74 Å². The van der Waals surface area contributed by atoms with Gasteiger partial charge in [-0.1, -0.05) is 24.3 Å². The van der Waals surface area contributed by atoms with E-state index in [-0.39, 0.29) is 11.7 Å². The van der Waals surface area contributed by atoms with Crippen molar-refractivity contribution in [2.24, 2.45) is 0 Å². The van der Waals surface area contributed by atoms with Crippen LogP contribution in [0, 0.1) is 13.8 Å². The lowest BCUT2D eigenvalue weighted by Crippen LogP contribution is -2.20. The Balaban J connectivity index is 1.67. The van der Waals surface area contributed by atoms with Gasteiger partial charge < -0.3 is 15.0 Å². The van der Waals surface area contributed by atoms with Crippen LogP contribution in [0.25, 0.3) is 27.8 Å². The Morgan fingerprint density at radius 3 is 3.00 bits per heavy atom. The van der Waals surface area contributed by atoms with Crippen molar-refractivity contribution >= 4 is 22.4 Å². The zero-order chi connectivity index (χ0) is 20.0. The SMILES string of the molecule is Cc1ccc2nc(-c3cc4cccc(C)c4[nH]c3=O)c(NC[C@H]3CCCO3)n2c1. The molecule has 1 aliphatic rings. The number of aryl methyl sites for hydroxylation is 2. The number of nitrogens with zero attached hydrogens (tertiary/aromatic N) is 2. The fourth-order valence-electron chi connectivity index (χ4n) is 4.08. The van der Waals surface area contributed by atoms with Gasteiger partial charge in [-0.2, -0.15) is 0 Å². The molecular weight excluding hydrogens is 364 g/mol. The van der Waals surface area contributed by atoms with Gasteiger partial charge in [0.05, 0.1) is 17.2 Å². The van der Waals surface area contributed by atoms with E-state index in [1.807, 2.05) is 53.9 Å². The molecule has 5 rings (SSSR count). The largest absolute Gasteiger partial charge is 0.376 e. The van der Waals surface area contributed by atoms with Crippen LogP contribution in [0.3, 0.4) is 0 Å². The molecule has 148 valence electrons. The maximum Gasteiger partial charge on any atom is 0.258 e. The summed E-state index contributed by atoms with van der Waals surface area (Å²) in [5, 5.41) is 4.51. The number of fused-ring (bicyclic) bond motifs is 2. The van der Waals surface area contributed by atoms with Crippen molar-refractivity contribution in [2.75, 3.05) is 18.5 Å². The van der Waals surface area contributed by atoms with E-state index in [0.717, 1.165) is 52.9 Å². The molecule has 4 aromatic rings. The highest BCUT2D eigenvalue weighted by molar-refractivity contribution is 5.87. The molecule has 6 heteroatoms. The lowest BCUT2D eigenvalue weighted by atomic mass is 10.1. The summed E-state index contributed by atoms with van der Waals surface area (Å²) in [6.07, 6.45) is 4.38. The van der Waals surface area contributed by atoms with E-state index < -0.39 is 0 Å². The number of H-pyrrole nitrogens is 1. The minimum Gasteiger partial charge on any atom is -0.376 e. The lowest BCUT2D eigenvalue weighted by molar-refractivity contribution is 0.120. The molecule has 29 heavy (non-hydrogen) atoms. The predicted molar refractivity (Wildman–Crippen MR) is 116 cm³/mol. The van der Waals surface area contributed by atoms with E-state index in [1.54, 1.807) is 0 Å². The number of ether oxygens (including phenoxy) is 1. The van der Waals surface area contributed by atoms with Crippen LogP contribution in [0.5, 0.6) is 0 Å². The molecular formula is C23H24N4O2. The number of anilines is 1. The molecule has 1 saturated heterocycles. The zero-order valence-corrected chi connectivity index (χ0v) is 16.7. The third-order valence-electron chi connectivity index (χ3n) is 5.63. The van der Waals surface area contributed by atoms with Crippen molar-refractivity contribution in [2.45, 2.75) is 32.8 Å². The number of aromatic nitrogens is 3. The van der Waals surface area contributed by atoms with Crippen LogP contribution in [0.4, 0.5) is 5.82 Å². The quantitative estimate of drug-likeness (QED) is 0.553. The summed E-state index contributed by atoms with van der Waals surface area (Å²) in [7, 11) is 0. The molecule has 1 atom stereocenters. The second-order valence-corrected chi connectivity index (χ2v) is 7.81. The molecule has 3 aromatic heterocycles. The van der Waals surface area contributed by atoms with E-state index in [4.69, 9.17) is 9.72 Å². The van der Waals surface area contributed by atoms with Crippen molar-refractivity contribution in [3.63, 3.8) is 0 Å². The highest BCUT2D eigenvalue weighted by Crippen LogP contribution is 2.29. The van der Waals surface area contributed by atoms with E-state index in [1.165, 1.54) is 0 Å². The molecule has 1 fully saturated rings. The first kappa shape index (κ1) is 17.9. The Morgan fingerprint density at radius 1 is 1.28 bits per heavy atom. The fourth-order valence-corrected chi connectivity index (χ4v) is 4.08. The average Bonchev–Trinajstić information content (AvgIpc) is 3.34. The summed E-state index contributed by atoms with van der Waals surface area (Å²) in [4.78, 5) is 20.8. The Hall–Kier alpha value is -3.12. The number of aromatic amines is 1. The van der Waals surface area contributed by atoms with Crippen molar-refractivity contribution in [1.82, 2.24) is 14.4 Å². The van der Waals surface area contributed by atoms with Gasteiger partial charge >= 0.3 is 0 Å². The van der Waals surface area contributed by atoms with Crippen molar-refractivity contribution in [3.05, 3.63) is 64.1 Å². The summed E-state index contributed by atoms with van der Waals surface area (Å²) in [5.74, 6) is 0.830. The molecule has 0 saturated carbocycles. The zero-order valence-electron chi connectivity index (χ0n) is 16.7. The van der Waals surface area contributed by atoms with Crippen LogP contribution in [0.15, 0.2) is 47.4 Å². The third kappa shape index (κ3) is 3.19. The summed E-state index contributed by atoms with van der Waals surface area (Å²) in [6, 6.07) is 12.0. The van der Waals surface area contributed by atoms with E-state index in [0.29, 0.717) is 17.8 Å². The molecule has 2 N–H and O–H groups in total. The average molecular weight is 388 g/mol. The number of imidazole rings is 1. The van der Waals surface area contributed by atoms with Crippen molar-refractivity contribution in [1.29, 1.82) is 0 Å². The van der Waals surface area contributed by atoms with Crippen molar-refractivity contribution < 1.29 is 4.74 Å². The Morgan fingerprint density at radius 2 is 2.17 bits per heavy atom. The van der Waals surface area contributed by atoms with Crippen LogP contribution in [-0.4, -0.2) is 33.6 Å². The third-order valence-corrected chi connectivity index (χ3v) is 5.63. The summed E-state index contributed by atoms with van der Waals surface area (Å²) in [6.45, 7) is 5.56. The molecule has 4 heterocycles. The second-order valence-electron chi connectivity index (χ2n) is 7.81. The summed E-state index contributed by atoms with van der Waals surface area (Å²) < 4.78 is 7.79. The molecule has 6 nitrogen and oxygen atoms in total. The lowest BCUT2D eigenvalue weighted by Gasteiger charge is -2.13.